The summed E-state index contributed by atoms with van der Waals surface area (Å²) in [5.74, 6) is -0.757. The molecule has 1 aliphatic heterocycles. The molecule has 2 atom stereocenters. The largest absolute Gasteiger partial charge is 0.355 e. The van der Waals surface area contributed by atoms with Crippen molar-refractivity contribution in [2.45, 2.75) is 50.1 Å². The Bertz CT molecular complexity index is 1230. The lowest BCUT2D eigenvalue weighted by molar-refractivity contribution is -0.124. The van der Waals surface area contributed by atoms with Crippen LogP contribution in [-0.4, -0.2) is 34.3 Å². The van der Waals surface area contributed by atoms with Gasteiger partial charge in [-0.2, -0.15) is 0 Å². The maximum Gasteiger partial charge on any atom is 0.254 e. The quantitative estimate of drug-likeness (QED) is 0.446. The number of carbonyl (C=O) groups excluding carboxylic acids is 2. The second kappa shape index (κ2) is 10.4. The lowest BCUT2D eigenvalue weighted by atomic mass is 9.78. The van der Waals surface area contributed by atoms with Crippen molar-refractivity contribution in [3.63, 3.8) is 0 Å². The second-order valence-corrected chi connectivity index (χ2v) is 10.0. The third-order valence-corrected chi connectivity index (χ3v) is 7.63. The molecular formula is C28H27Cl2N3O2. The summed E-state index contributed by atoms with van der Waals surface area (Å²) in [7, 11) is 0. The van der Waals surface area contributed by atoms with Gasteiger partial charge in [0, 0.05) is 46.5 Å². The lowest BCUT2D eigenvalue weighted by Crippen LogP contribution is -2.51. The Hall–Kier alpha value is -2.89. The Morgan fingerprint density at radius 3 is 2.51 bits per heavy atom. The number of nitrogens with zero attached hydrogens (tertiary/aromatic N) is 2. The molecule has 1 aromatic heterocycles. The fourth-order valence-corrected chi connectivity index (χ4v) is 5.98. The zero-order chi connectivity index (χ0) is 24.4. The average molecular weight is 508 g/mol. The van der Waals surface area contributed by atoms with Crippen LogP contribution in [0.3, 0.4) is 0 Å². The molecule has 1 aliphatic carbocycles. The number of carbonyl (C=O) groups is 2. The minimum atomic E-state index is -0.591. The minimum Gasteiger partial charge on any atom is -0.355 e. The first-order valence-electron chi connectivity index (χ1n) is 12.1. The van der Waals surface area contributed by atoms with Gasteiger partial charge < -0.3 is 10.2 Å². The van der Waals surface area contributed by atoms with Crippen molar-refractivity contribution in [1.82, 2.24) is 15.2 Å². The molecule has 1 fully saturated rings. The first kappa shape index (κ1) is 23.8. The molecule has 5 rings (SSSR count). The van der Waals surface area contributed by atoms with Crippen molar-refractivity contribution in [2.24, 2.45) is 0 Å². The highest BCUT2D eigenvalue weighted by molar-refractivity contribution is 6.35. The van der Waals surface area contributed by atoms with Crippen LogP contribution in [0.5, 0.6) is 0 Å². The van der Waals surface area contributed by atoms with E-state index in [4.69, 9.17) is 23.2 Å². The van der Waals surface area contributed by atoms with Crippen LogP contribution in [0.2, 0.25) is 10.0 Å². The van der Waals surface area contributed by atoms with Gasteiger partial charge in [0.1, 0.15) is 0 Å². The molecule has 35 heavy (non-hydrogen) atoms. The highest BCUT2D eigenvalue weighted by Gasteiger charge is 2.47. The number of amides is 2. The summed E-state index contributed by atoms with van der Waals surface area (Å²) in [5.41, 5.74) is 2.98. The fourth-order valence-electron chi connectivity index (χ4n) is 5.46. The molecule has 0 radical (unpaired) electrons. The Morgan fingerprint density at radius 1 is 1.00 bits per heavy atom. The third kappa shape index (κ3) is 4.80. The van der Waals surface area contributed by atoms with Gasteiger partial charge in [-0.3, -0.25) is 14.6 Å². The Labute approximate surface area is 215 Å². The van der Waals surface area contributed by atoms with Gasteiger partial charge in [-0.1, -0.05) is 66.4 Å². The summed E-state index contributed by atoms with van der Waals surface area (Å²) in [5, 5.41) is 4.09. The number of halogens is 2. The van der Waals surface area contributed by atoms with E-state index in [9.17, 15) is 9.59 Å². The number of nitrogens with one attached hydrogen (secondary N) is 1. The molecule has 2 aliphatic rings. The highest BCUT2D eigenvalue weighted by atomic mass is 35.5. The summed E-state index contributed by atoms with van der Waals surface area (Å²) in [6, 6.07) is 18.1. The van der Waals surface area contributed by atoms with Gasteiger partial charge in [0.15, 0.2) is 0 Å². The Kier molecular flexibility index (Phi) is 7.07. The molecule has 2 aromatic carbocycles. The van der Waals surface area contributed by atoms with Crippen LogP contribution in [0, 0.1) is 0 Å². The molecule has 0 bridgehead atoms. The topological polar surface area (TPSA) is 62.3 Å². The van der Waals surface area contributed by atoms with E-state index in [0.717, 1.165) is 42.5 Å². The van der Waals surface area contributed by atoms with E-state index in [2.05, 4.69) is 10.3 Å². The van der Waals surface area contributed by atoms with Crippen LogP contribution in [0.4, 0.5) is 0 Å². The van der Waals surface area contributed by atoms with E-state index >= 15 is 0 Å². The van der Waals surface area contributed by atoms with Crippen molar-refractivity contribution in [2.75, 3.05) is 6.54 Å². The predicted molar refractivity (Wildman–Crippen MR) is 138 cm³/mol. The van der Waals surface area contributed by atoms with Crippen molar-refractivity contribution >= 4 is 35.0 Å². The lowest BCUT2D eigenvalue weighted by Gasteiger charge is -2.45. The van der Waals surface area contributed by atoms with Crippen LogP contribution >= 0.6 is 23.2 Å². The van der Waals surface area contributed by atoms with Gasteiger partial charge in [0.2, 0.25) is 5.91 Å². The van der Waals surface area contributed by atoms with Gasteiger partial charge in [-0.25, -0.2) is 0 Å². The molecule has 0 unspecified atom stereocenters. The smallest absolute Gasteiger partial charge is 0.254 e. The monoisotopic (exact) mass is 507 g/mol. The molecule has 2 amide bonds. The van der Waals surface area contributed by atoms with Gasteiger partial charge in [-0.05, 0) is 54.3 Å². The summed E-state index contributed by atoms with van der Waals surface area (Å²) in [4.78, 5) is 34.0. The summed E-state index contributed by atoms with van der Waals surface area (Å²) < 4.78 is 0. The maximum absolute atomic E-state index is 13.8. The molecule has 180 valence electrons. The minimum absolute atomic E-state index is 0.0407. The zero-order valence-electron chi connectivity index (χ0n) is 19.3. The van der Waals surface area contributed by atoms with Crippen molar-refractivity contribution < 1.29 is 9.59 Å². The molecule has 1 saturated carbocycles. The number of benzene rings is 2. The Balaban J connectivity index is 1.55. The zero-order valence-corrected chi connectivity index (χ0v) is 20.8. The van der Waals surface area contributed by atoms with E-state index in [1.54, 1.807) is 18.3 Å². The number of hydrogen-bond acceptors (Lipinski definition) is 3. The SMILES string of the molecule is O=C(NCCc1ccccn1)[C@@H]1c2ccccc2C(=O)N(C2CCCC2)[C@H]1c1ccc(Cl)cc1Cl. The number of aromatic nitrogens is 1. The van der Waals surface area contributed by atoms with E-state index in [1.807, 2.05) is 53.4 Å². The van der Waals surface area contributed by atoms with Crippen LogP contribution in [0.1, 0.15) is 64.8 Å². The van der Waals surface area contributed by atoms with Crippen molar-refractivity contribution in [3.8, 4) is 0 Å². The van der Waals surface area contributed by atoms with Crippen LogP contribution in [-0.2, 0) is 11.2 Å². The van der Waals surface area contributed by atoms with Gasteiger partial charge in [0.25, 0.3) is 5.91 Å². The van der Waals surface area contributed by atoms with Crippen molar-refractivity contribution in [1.29, 1.82) is 0 Å². The van der Waals surface area contributed by atoms with Crippen molar-refractivity contribution in [3.05, 3.63) is 99.3 Å². The average Bonchev–Trinajstić information content (AvgIpc) is 3.39. The fraction of sp³-hybridized carbons (Fsp3) is 0.321. The number of pyridine rings is 1. The van der Waals surface area contributed by atoms with Crippen LogP contribution in [0.25, 0.3) is 0 Å². The molecule has 1 N–H and O–H groups in total. The molecular weight excluding hydrogens is 481 g/mol. The molecule has 0 spiro atoms. The number of rotatable bonds is 6. The first-order chi connectivity index (χ1) is 17.0. The predicted octanol–water partition coefficient (Wildman–Crippen LogP) is 5.97. The van der Waals surface area contributed by atoms with E-state index in [1.165, 1.54) is 0 Å². The Morgan fingerprint density at radius 2 is 1.77 bits per heavy atom. The number of fused-ring (bicyclic) bond motifs is 1. The van der Waals surface area contributed by atoms with E-state index in [0.29, 0.717) is 28.6 Å². The molecule has 3 aromatic rings. The normalized spacial score (nSPS) is 20.1. The standard InChI is InChI=1S/C28H27Cl2N3O2/c29-18-12-13-23(24(30)17-18)26-25(27(34)32-16-14-19-7-5-6-15-31-19)21-10-3-4-11-22(21)28(35)33(26)20-8-1-2-9-20/h3-7,10-13,15,17,20,25-26H,1-2,8-9,14,16H2,(H,32,34)/t25-,26+/m1/s1. The summed E-state index contributed by atoms with van der Waals surface area (Å²) in [6.07, 6.45) is 6.35. The van der Waals surface area contributed by atoms with E-state index in [-0.39, 0.29) is 17.9 Å². The maximum atomic E-state index is 13.8. The third-order valence-electron chi connectivity index (χ3n) is 7.06. The molecule has 7 heteroatoms. The van der Waals surface area contributed by atoms with E-state index < -0.39 is 12.0 Å². The molecule has 0 saturated heterocycles. The molecule has 2 heterocycles. The van der Waals surface area contributed by atoms with Gasteiger partial charge >= 0.3 is 0 Å². The molecule has 5 nitrogen and oxygen atoms in total. The number of hydrogen-bond donors (Lipinski definition) is 1. The first-order valence-corrected chi connectivity index (χ1v) is 12.8. The highest BCUT2D eigenvalue weighted by Crippen LogP contribution is 2.47. The van der Waals surface area contributed by atoms with Gasteiger partial charge in [-0.15, -0.1) is 0 Å². The van der Waals surface area contributed by atoms with Gasteiger partial charge in [0.05, 0.1) is 12.0 Å². The van der Waals surface area contributed by atoms with Crippen LogP contribution < -0.4 is 5.32 Å². The van der Waals surface area contributed by atoms with Crippen LogP contribution in [0.15, 0.2) is 66.9 Å². The second-order valence-electron chi connectivity index (χ2n) is 9.19. The summed E-state index contributed by atoms with van der Waals surface area (Å²) in [6.45, 7) is 0.451. The summed E-state index contributed by atoms with van der Waals surface area (Å²) >= 11 is 12.9.